The number of terminal acetylenes is 1. The summed E-state index contributed by atoms with van der Waals surface area (Å²) in [5.41, 5.74) is 1.67. The monoisotopic (exact) mass is 154 g/mol. The van der Waals surface area contributed by atoms with E-state index < -0.39 is 0 Å². The van der Waals surface area contributed by atoms with E-state index in [1.807, 2.05) is 24.6 Å². The van der Waals surface area contributed by atoms with Gasteiger partial charge in [0.25, 0.3) is 0 Å². The Kier molecular flexibility index (Phi) is 2.94. The lowest BCUT2D eigenvalue weighted by Crippen LogP contribution is -1.81. The van der Waals surface area contributed by atoms with Gasteiger partial charge in [0.1, 0.15) is 0 Å². The summed E-state index contributed by atoms with van der Waals surface area (Å²) in [6.45, 7) is 0. The Morgan fingerprint density at radius 2 is 2.33 bits per heavy atom. The number of hydrogen-bond acceptors (Lipinski definition) is 1. The van der Waals surface area contributed by atoms with Gasteiger partial charge in [-0.2, -0.15) is 5.26 Å². The molecule has 0 aliphatic heterocycles. The van der Waals surface area contributed by atoms with E-state index in [-0.39, 0.29) is 0 Å². The molecule has 0 saturated carbocycles. The van der Waals surface area contributed by atoms with Gasteiger partial charge >= 0.3 is 0 Å². The normalized spacial score (nSPS) is 8.50. The molecule has 0 aromatic heterocycles. The quantitative estimate of drug-likeness (QED) is 0.598. The van der Waals surface area contributed by atoms with Crippen LogP contribution < -0.4 is 0 Å². The van der Waals surface area contributed by atoms with Gasteiger partial charge in [0.15, 0.2) is 0 Å². The highest BCUT2D eigenvalue weighted by molar-refractivity contribution is 5.36. The molecule has 0 bridgehead atoms. The summed E-state index contributed by atoms with van der Waals surface area (Å²) < 4.78 is 0. The van der Waals surface area contributed by atoms with Crippen LogP contribution in [0.2, 0.25) is 0 Å². The molecule has 1 rings (SSSR count). The van der Waals surface area contributed by atoms with Crippen LogP contribution in [0.4, 0.5) is 0 Å². The molecule has 0 atom stereocenters. The molecule has 1 aromatic rings. The molecule has 0 heterocycles. The predicted molar refractivity (Wildman–Crippen MR) is 48.0 cm³/mol. The minimum Gasteiger partial charge on any atom is -0.192 e. The molecule has 0 amide bonds. The highest BCUT2D eigenvalue weighted by Gasteiger charge is 1.93. The van der Waals surface area contributed by atoms with Gasteiger partial charge < -0.3 is 0 Å². The number of rotatable bonds is 2. The minimum atomic E-state index is 0.606. The molecule has 1 heteroatoms. The highest BCUT2D eigenvalue weighted by atomic mass is 14.2. The van der Waals surface area contributed by atoms with Crippen molar-refractivity contribution in [1.29, 1.82) is 5.26 Å². The number of nitriles is 1. The zero-order valence-electron chi connectivity index (χ0n) is 6.62. The SMILES string of the molecule is C#CC[CH]c1cccc(C#N)c1. The average Bonchev–Trinajstić information content (AvgIpc) is 2.15. The van der Waals surface area contributed by atoms with Crippen molar-refractivity contribution in [1.82, 2.24) is 0 Å². The van der Waals surface area contributed by atoms with Gasteiger partial charge in [-0.3, -0.25) is 0 Å². The van der Waals surface area contributed by atoms with Crippen molar-refractivity contribution in [3.63, 3.8) is 0 Å². The van der Waals surface area contributed by atoms with E-state index >= 15 is 0 Å². The van der Waals surface area contributed by atoms with Crippen molar-refractivity contribution in [2.75, 3.05) is 0 Å². The Balaban J connectivity index is 2.76. The first-order valence-corrected chi connectivity index (χ1v) is 3.63. The third kappa shape index (κ3) is 2.15. The molecule has 0 aliphatic carbocycles. The predicted octanol–water partition coefficient (Wildman–Crippen LogP) is 2.13. The van der Waals surface area contributed by atoms with Crippen molar-refractivity contribution in [2.24, 2.45) is 0 Å². The van der Waals surface area contributed by atoms with E-state index in [9.17, 15) is 0 Å². The summed E-state index contributed by atoms with van der Waals surface area (Å²) in [4.78, 5) is 0. The summed E-state index contributed by atoms with van der Waals surface area (Å²) in [6.07, 6.45) is 7.62. The van der Waals surface area contributed by atoms with Crippen LogP contribution in [0, 0.1) is 30.1 Å². The first-order valence-electron chi connectivity index (χ1n) is 3.63. The summed E-state index contributed by atoms with van der Waals surface area (Å²) >= 11 is 0. The lowest BCUT2D eigenvalue weighted by molar-refractivity contribution is 1.28. The molecule has 0 aliphatic rings. The van der Waals surface area contributed by atoms with Gasteiger partial charge in [-0.05, 0) is 17.7 Å². The van der Waals surface area contributed by atoms with Gasteiger partial charge in [-0.25, -0.2) is 0 Å². The summed E-state index contributed by atoms with van der Waals surface area (Å²) in [5, 5.41) is 8.58. The third-order valence-electron chi connectivity index (χ3n) is 1.47. The van der Waals surface area contributed by atoms with Gasteiger partial charge in [-0.1, -0.05) is 12.1 Å². The van der Waals surface area contributed by atoms with E-state index in [0.717, 1.165) is 5.56 Å². The van der Waals surface area contributed by atoms with Gasteiger partial charge in [0.05, 0.1) is 11.6 Å². The van der Waals surface area contributed by atoms with Crippen molar-refractivity contribution in [3.05, 3.63) is 41.8 Å². The lowest BCUT2D eigenvalue weighted by atomic mass is 10.1. The third-order valence-corrected chi connectivity index (χ3v) is 1.47. The van der Waals surface area contributed by atoms with E-state index in [2.05, 4.69) is 12.0 Å². The fourth-order valence-corrected chi connectivity index (χ4v) is 0.912. The molecule has 1 radical (unpaired) electrons. The second-order valence-corrected chi connectivity index (χ2v) is 2.35. The smallest absolute Gasteiger partial charge is 0.0991 e. The first-order chi connectivity index (χ1) is 5.86. The van der Waals surface area contributed by atoms with E-state index in [0.29, 0.717) is 12.0 Å². The fraction of sp³-hybridized carbons (Fsp3) is 0.0909. The van der Waals surface area contributed by atoms with Crippen LogP contribution in [-0.2, 0) is 0 Å². The molecule has 57 valence electrons. The molecular formula is C11H8N. The van der Waals surface area contributed by atoms with Crippen molar-refractivity contribution in [2.45, 2.75) is 6.42 Å². The Labute approximate surface area is 72.6 Å². The van der Waals surface area contributed by atoms with Crippen molar-refractivity contribution >= 4 is 0 Å². The molecule has 0 spiro atoms. The van der Waals surface area contributed by atoms with E-state index in [1.165, 1.54) is 0 Å². The highest BCUT2D eigenvalue weighted by Crippen LogP contribution is 2.07. The van der Waals surface area contributed by atoms with Crippen LogP contribution in [0.15, 0.2) is 24.3 Å². The largest absolute Gasteiger partial charge is 0.192 e. The zero-order valence-corrected chi connectivity index (χ0v) is 6.62. The van der Waals surface area contributed by atoms with Gasteiger partial charge in [-0.15, -0.1) is 12.3 Å². The Bertz CT molecular complexity index is 339. The molecular weight excluding hydrogens is 146 g/mol. The van der Waals surface area contributed by atoms with Gasteiger partial charge in [0, 0.05) is 12.8 Å². The summed E-state index contributed by atoms with van der Waals surface area (Å²) in [5.74, 6) is 2.52. The van der Waals surface area contributed by atoms with Crippen LogP contribution in [0.25, 0.3) is 0 Å². The number of benzene rings is 1. The summed E-state index contributed by atoms with van der Waals surface area (Å²) in [6, 6.07) is 9.44. The molecule has 1 nitrogen and oxygen atoms in total. The van der Waals surface area contributed by atoms with Crippen LogP contribution in [0.5, 0.6) is 0 Å². The van der Waals surface area contributed by atoms with Crippen LogP contribution in [0.1, 0.15) is 17.5 Å². The molecule has 0 saturated heterocycles. The Hall–Kier alpha value is -1.73. The van der Waals surface area contributed by atoms with Crippen LogP contribution in [0.3, 0.4) is 0 Å². The molecule has 0 unspecified atom stereocenters. The lowest BCUT2D eigenvalue weighted by Gasteiger charge is -1.96. The number of hydrogen-bond donors (Lipinski definition) is 0. The van der Waals surface area contributed by atoms with Crippen molar-refractivity contribution < 1.29 is 0 Å². The maximum Gasteiger partial charge on any atom is 0.0991 e. The maximum atomic E-state index is 8.58. The molecule has 12 heavy (non-hydrogen) atoms. The zero-order chi connectivity index (χ0) is 8.81. The molecule has 1 aromatic carbocycles. The van der Waals surface area contributed by atoms with Crippen LogP contribution >= 0.6 is 0 Å². The standard InChI is InChI=1S/C11H8N/c1-2-3-5-10-6-4-7-11(8-10)9-12/h1,4-8H,3H2. The fourth-order valence-electron chi connectivity index (χ4n) is 0.912. The summed E-state index contributed by atoms with van der Waals surface area (Å²) in [7, 11) is 0. The van der Waals surface area contributed by atoms with Gasteiger partial charge in [0.2, 0.25) is 0 Å². The second kappa shape index (κ2) is 4.21. The topological polar surface area (TPSA) is 23.8 Å². The maximum absolute atomic E-state index is 8.58. The minimum absolute atomic E-state index is 0.606. The average molecular weight is 154 g/mol. The van der Waals surface area contributed by atoms with Crippen LogP contribution in [-0.4, -0.2) is 0 Å². The Morgan fingerprint density at radius 1 is 1.50 bits per heavy atom. The Morgan fingerprint density at radius 3 is 3.00 bits per heavy atom. The molecule has 0 fully saturated rings. The van der Waals surface area contributed by atoms with E-state index in [1.54, 1.807) is 6.07 Å². The first kappa shape index (κ1) is 8.37. The molecule has 0 N–H and O–H groups in total. The van der Waals surface area contributed by atoms with Crippen molar-refractivity contribution in [3.8, 4) is 18.4 Å². The second-order valence-electron chi connectivity index (χ2n) is 2.35. The number of nitrogens with zero attached hydrogens (tertiary/aromatic N) is 1. The van der Waals surface area contributed by atoms with E-state index in [4.69, 9.17) is 11.7 Å².